The van der Waals surface area contributed by atoms with Gasteiger partial charge in [0.25, 0.3) is 0 Å². The van der Waals surface area contributed by atoms with Crippen LogP contribution in [0.4, 0.5) is 23.0 Å². The van der Waals surface area contributed by atoms with E-state index in [1.807, 2.05) is 62.3 Å². The lowest BCUT2D eigenvalue weighted by atomic mass is 10.3. The van der Waals surface area contributed by atoms with E-state index < -0.39 is 0 Å². The van der Waals surface area contributed by atoms with Gasteiger partial charge in [-0.05, 0) is 12.1 Å². The molecule has 3 aromatic rings. The summed E-state index contributed by atoms with van der Waals surface area (Å²) >= 11 is 0. The van der Waals surface area contributed by atoms with Crippen LogP contribution in [0, 0.1) is 0 Å². The molecule has 0 saturated carbocycles. The van der Waals surface area contributed by atoms with Gasteiger partial charge in [0.05, 0.1) is 6.20 Å². The second-order valence-electron chi connectivity index (χ2n) is 5.34. The summed E-state index contributed by atoms with van der Waals surface area (Å²) in [4.78, 5) is 18.4. The number of fused-ring (bicyclic) bond motifs is 1. The summed E-state index contributed by atoms with van der Waals surface area (Å²) in [6.45, 7) is 1.81. The van der Waals surface area contributed by atoms with Crippen LogP contribution in [-0.4, -0.2) is 34.6 Å². The van der Waals surface area contributed by atoms with Crippen molar-refractivity contribution in [1.82, 2.24) is 14.6 Å². The SMILES string of the molecule is CCC(=O)Nc1cnn2c(NC)cc(N(C)c3ccccc3)nc12. The minimum absolute atomic E-state index is 0.0699. The molecule has 0 saturated heterocycles. The normalized spacial score (nSPS) is 10.6. The van der Waals surface area contributed by atoms with Crippen molar-refractivity contribution in [2.75, 3.05) is 29.6 Å². The Morgan fingerprint density at radius 1 is 1.29 bits per heavy atom. The molecule has 7 heteroatoms. The number of benzene rings is 1. The summed E-state index contributed by atoms with van der Waals surface area (Å²) < 4.78 is 1.67. The molecule has 0 radical (unpaired) electrons. The fraction of sp³-hybridized carbons (Fsp3) is 0.235. The minimum atomic E-state index is -0.0699. The number of aromatic nitrogens is 3. The molecule has 2 N–H and O–H groups in total. The highest BCUT2D eigenvalue weighted by atomic mass is 16.1. The first-order valence-electron chi connectivity index (χ1n) is 7.79. The highest BCUT2D eigenvalue weighted by Gasteiger charge is 2.15. The van der Waals surface area contributed by atoms with Crippen molar-refractivity contribution in [2.24, 2.45) is 0 Å². The molecule has 0 atom stereocenters. The van der Waals surface area contributed by atoms with Gasteiger partial charge in [-0.3, -0.25) is 4.79 Å². The summed E-state index contributed by atoms with van der Waals surface area (Å²) in [5.41, 5.74) is 2.22. The fourth-order valence-electron chi connectivity index (χ4n) is 2.41. The standard InChI is InChI=1S/C17H20N6O/c1-4-16(24)20-13-11-19-23-14(18-2)10-15(21-17(13)23)22(3)12-8-6-5-7-9-12/h5-11,18H,4H2,1-3H3,(H,20,24). The van der Waals surface area contributed by atoms with Crippen LogP contribution < -0.4 is 15.5 Å². The topological polar surface area (TPSA) is 74.6 Å². The second kappa shape index (κ2) is 6.57. The van der Waals surface area contributed by atoms with Crippen LogP contribution in [0.5, 0.6) is 0 Å². The Balaban J connectivity index is 2.09. The lowest BCUT2D eigenvalue weighted by molar-refractivity contribution is -0.115. The third kappa shape index (κ3) is 2.88. The van der Waals surface area contributed by atoms with E-state index in [0.717, 1.165) is 17.3 Å². The monoisotopic (exact) mass is 324 g/mol. The number of rotatable bonds is 5. The first-order valence-corrected chi connectivity index (χ1v) is 7.79. The van der Waals surface area contributed by atoms with Gasteiger partial charge < -0.3 is 15.5 Å². The van der Waals surface area contributed by atoms with E-state index in [4.69, 9.17) is 0 Å². The Hall–Kier alpha value is -3.09. The minimum Gasteiger partial charge on any atom is -0.373 e. The summed E-state index contributed by atoms with van der Waals surface area (Å²) in [6, 6.07) is 11.9. The van der Waals surface area contributed by atoms with Crippen molar-refractivity contribution in [3.05, 3.63) is 42.6 Å². The largest absolute Gasteiger partial charge is 0.373 e. The van der Waals surface area contributed by atoms with Gasteiger partial charge in [0, 0.05) is 32.3 Å². The Bertz CT molecular complexity index is 858. The van der Waals surface area contributed by atoms with E-state index in [0.29, 0.717) is 17.8 Å². The van der Waals surface area contributed by atoms with E-state index >= 15 is 0 Å². The zero-order valence-corrected chi connectivity index (χ0v) is 13.9. The summed E-state index contributed by atoms with van der Waals surface area (Å²) in [6.07, 6.45) is 2.02. The smallest absolute Gasteiger partial charge is 0.224 e. The van der Waals surface area contributed by atoms with Gasteiger partial charge in [-0.1, -0.05) is 25.1 Å². The molecule has 0 spiro atoms. The molecule has 0 aliphatic heterocycles. The molecule has 0 aliphatic rings. The van der Waals surface area contributed by atoms with Gasteiger partial charge in [-0.25, -0.2) is 4.98 Å². The van der Waals surface area contributed by atoms with E-state index in [2.05, 4.69) is 20.7 Å². The Morgan fingerprint density at radius 3 is 2.71 bits per heavy atom. The maximum Gasteiger partial charge on any atom is 0.224 e. The van der Waals surface area contributed by atoms with E-state index in [-0.39, 0.29) is 5.91 Å². The van der Waals surface area contributed by atoms with Gasteiger partial charge in [0.2, 0.25) is 5.91 Å². The first-order chi connectivity index (χ1) is 11.6. The zero-order chi connectivity index (χ0) is 17.1. The highest BCUT2D eigenvalue weighted by Crippen LogP contribution is 2.27. The number of nitrogens with zero attached hydrogens (tertiary/aromatic N) is 4. The van der Waals surface area contributed by atoms with Crippen molar-refractivity contribution >= 4 is 34.6 Å². The van der Waals surface area contributed by atoms with Crippen molar-refractivity contribution < 1.29 is 4.79 Å². The molecule has 0 aliphatic carbocycles. The Labute approximate surface area is 140 Å². The van der Waals surface area contributed by atoms with Crippen molar-refractivity contribution in [3.63, 3.8) is 0 Å². The molecule has 1 amide bonds. The summed E-state index contributed by atoms with van der Waals surface area (Å²) in [5.74, 6) is 1.47. The molecular formula is C17H20N6O. The van der Waals surface area contributed by atoms with Crippen LogP contribution in [0.15, 0.2) is 42.6 Å². The van der Waals surface area contributed by atoms with Gasteiger partial charge in [0.1, 0.15) is 17.3 Å². The summed E-state index contributed by atoms with van der Waals surface area (Å²) in [7, 11) is 3.78. The molecular weight excluding hydrogens is 304 g/mol. The van der Waals surface area contributed by atoms with Gasteiger partial charge in [0.15, 0.2) is 5.65 Å². The fourth-order valence-corrected chi connectivity index (χ4v) is 2.41. The molecule has 24 heavy (non-hydrogen) atoms. The number of carbonyl (C=O) groups excluding carboxylic acids is 1. The van der Waals surface area contributed by atoms with Gasteiger partial charge in [-0.15, -0.1) is 0 Å². The van der Waals surface area contributed by atoms with Crippen LogP contribution >= 0.6 is 0 Å². The van der Waals surface area contributed by atoms with Crippen LogP contribution in [0.25, 0.3) is 5.65 Å². The van der Waals surface area contributed by atoms with E-state index in [1.165, 1.54) is 0 Å². The third-order valence-electron chi connectivity index (χ3n) is 3.80. The predicted octanol–water partition coefficient (Wildman–Crippen LogP) is 2.89. The molecule has 2 heterocycles. The maximum absolute atomic E-state index is 11.7. The lowest BCUT2D eigenvalue weighted by Crippen LogP contribution is -2.14. The quantitative estimate of drug-likeness (QED) is 0.755. The second-order valence-corrected chi connectivity index (χ2v) is 5.34. The van der Waals surface area contributed by atoms with Crippen LogP contribution in [0.2, 0.25) is 0 Å². The molecule has 1 aromatic carbocycles. The number of anilines is 4. The van der Waals surface area contributed by atoms with Gasteiger partial charge in [-0.2, -0.15) is 9.61 Å². The number of hydrogen-bond donors (Lipinski definition) is 2. The Morgan fingerprint density at radius 2 is 2.04 bits per heavy atom. The molecule has 3 rings (SSSR count). The maximum atomic E-state index is 11.7. The number of carbonyl (C=O) groups is 1. The van der Waals surface area contributed by atoms with E-state index in [1.54, 1.807) is 10.7 Å². The predicted molar refractivity (Wildman–Crippen MR) is 96.0 cm³/mol. The van der Waals surface area contributed by atoms with Crippen molar-refractivity contribution in [2.45, 2.75) is 13.3 Å². The average Bonchev–Trinajstić information content (AvgIpc) is 3.03. The molecule has 2 aromatic heterocycles. The number of nitrogens with one attached hydrogen (secondary N) is 2. The molecule has 0 fully saturated rings. The first kappa shape index (κ1) is 15.8. The van der Waals surface area contributed by atoms with Crippen LogP contribution in [0.3, 0.4) is 0 Å². The number of amides is 1. The van der Waals surface area contributed by atoms with Crippen molar-refractivity contribution in [1.29, 1.82) is 0 Å². The molecule has 124 valence electrons. The summed E-state index contributed by atoms with van der Waals surface area (Å²) in [5, 5.41) is 10.3. The van der Waals surface area contributed by atoms with Crippen LogP contribution in [-0.2, 0) is 4.79 Å². The zero-order valence-electron chi connectivity index (χ0n) is 13.9. The average molecular weight is 324 g/mol. The van der Waals surface area contributed by atoms with Crippen molar-refractivity contribution in [3.8, 4) is 0 Å². The van der Waals surface area contributed by atoms with Gasteiger partial charge >= 0.3 is 0 Å². The highest BCUT2D eigenvalue weighted by molar-refractivity contribution is 5.94. The molecule has 0 unspecified atom stereocenters. The van der Waals surface area contributed by atoms with E-state index in [9.17, 15) is 4.79 Å². The third-order valence-corrected chi connectivity index (χ3v) is 3.80. The Kier molecular flexibility index (Phi) is 4.33. The molecule has 0 bridgehead atoms. The molecule has 7 nitrogen and oxygen atoms in total. The lowest BCUT2D eigenvalue weighted by Gasteiger charge is -2.19. The number of hydrogen-bond acceptors (Lipinski definition) is 5. The number of para-hydroxylation sites is 1. The van der Waals surface area contributed by atoms with Crippen LogP contribution in [0.1, 0.15) is 13.3 Å².